The Morgan fingerprint density at radius 3 is 2.07 bits per heavy atom. The summed E-state index contributed by atoms with van der Waals surface area (Å²) in [6, 6.07) is 22.0. The zero-order valence-corrected chi connectivity index (χ0v) is 43.1. The van der Waals surface area contributed by atoms with Crippen molar-refractivity contribution in [3.05, 3.63) is 158 Å². The summed E-state index contributed by atoms with van der Waals surface area (Å²) >= 11 is 7.26. The number of halogens is 7. The molecule has 0 amide bonds. The Kier molecular flexibility index (Phi) is 14.1. The van der Waals surface area contributed by atoms with Crippen LogP contribution in [0.2, 0.25) is 5.02 Å². The molecule has 1 unspecified atom stereocenters. The van der Waals surface area contributed by atoms with Crippen LogP contribution < -0.4 is 45.1 Å². The molecular weight excluding hydrogens is 1020 g/mol. The lowest BCUT2D eigenvalue weighted by molar-refractivity contribution is -0.137. The number of likely N-dealkylation sites (tertiary alicyclic amines) is 1. The van der Waals surface area contributed by atoms with Gasteiger partial charge in [0.05, 0.1) is 71.4 Å². The predicted octanol–water partition coefficient (Wildman–Crippen LogP) is 9.75. The zero-order chi connectivity index (χ0) is 53.7. The van der Waals surface area contributed by atoms with E-state index in [0.717, 1.165) is 16.7 Å². The average molecular weight is 1070 g/mol. The summed E-state index contributed by atoms with van der Waals surface area (Å²) in [6.07, 6.45) is -0.651. The number of anilines is 2. The van der Waals surface area contributed by atoms with Crippen LogP contribution in [0.4, 0.5) is 38.0 Å². The number of nitrogens with zero attached hydrogens (tertiary/aromatic N) is 7. The number of aromatic nitrogens is 3. The van der Waals surface area contributed by atoms with E-state index in [1.54, 1.807) is 67.3 Å². The molecule has 398 valence electrons. The molecule has 10 rings (SSSR count). The molecule has 4 aliphatic rings. The summed E-state index contributed by atoms with van der Waals surface area (Å²) in [7, 11) is 6.40. The summed E-state index contributed by atoms with van der Waals surface area (Å²) in [6.45, 7) is 3.63. The Labute approximate surface area is 439 Å². The van der Waals surface area contributed by atoms with Gasteiger partial charge in [-0.05, 0) is 92.0 Å². The second-order valence-electron chi connectivity index (χ2n) is 19.3. The molecule has 14 nitrogen and oxygen atoms in total. The van der Waals surface area contributed by atoms with Crippen molar-refractivity contribution < 1.29 is 50.0 Å². The fourth-order valence-corrected chi connectivity index (χ4v) is 10.6. The van der Waals surface area contributed by atoms with Gasteiger partial charge in [0, 0.05) is 51.0 Å². The van der Waals surface area contributed by atoms with Gasteiger partial charge in [-0.2, -0.15) is 13.2 Å². The van der Waals surface area contributed by atoms with Crippen molar-refractivity contribution in [3.8, 4) is 34.3 Å². The number of aryl methyl sites for hydroxylation is 1. The molecule has 3 aliphatic heterocycles. The number of hydrogen-bond acceptors (Lipinski definition) is 14. The fourth-order valence-electron chi connectivity index (χ4n) is 10.3. The van der Waals surface area contributed by atoms with Crippen molar-refractivity contribution in [1.29, 1.82) is 0 Å². The van der Waals surface area contributed by atoms with Crippen LogP contribution in [-0.4, -0.2) is 84.9 Å². The maximum absolute atomic E-state index is 18.3. The van der Waals surface area contributed by atoms with Gasteiger partial charge in [0.2, 0.25) is 0 Å². The highest BCUT2D eigenvalue weighted by Crippen LogP contribution is 2.66. The Morgan fingerprint density at radius 1 is 0.908 bits per heavy atom. The van der Waals surface area contributed by atoms with E-state index >= 15 is 17.6 Å². The van der Waals surface area contributed by atoms with Crippen molar-refractivity contribution >= 4 is 29.1 Å². The quantitative estimate of drug-likeness (QED) is 0.0842. The minimum Gasteiger partial charge on any atom is -0.497 e. The van der Waals surface area contributed by atoms with E-state index in [1.807, 2.05) is 55.5 Å². The SMILES string of the molecule is COc1ccc(CNc2nccnc2C(C)N2C=C(OC[C@@H]3C[C@@]4(CN3C)CC4(F)F)Oc3c(F)c(-c4nc(N(Cc5ccc(OC)cc5)Cc5ccc(OC)cc5)cc(C)c4C(F)(F)F)c(Cl)c4c3=C2NCN=4)cc1. The van der Waals surface area contributed by atoms with Gasteiger partial charge in [-0.25, -0.2) is 23.1 Å². The van der Waals surface area contributed by atoms with Gasteiger partial charge >= 0.3 is 12.1 Å². The lowest BCUT2D eigenvalue weighted by Crippen LogP contribution is -2.45. The molecule has 0 bridgehead atoms. The molecule has 2 aromatic heterocycles. The number of ether oxygens (including phenoxy) is 5. The van der Waals surface area contributed by atoms with Gasteiger partial charge in [0.1, 0.15) is 53.7 Å². The Balaban J connectivity index is 1.11. The first-order valence-corrected chi connectivity index (χ1v) is 24.8. The van der Waals surface area contributed by atoms with E-state index in [1.165, 1.54) is 31.6 Å². The van der Waals surface area contributed by atoms with Crippen molar-refractivity contribution in [2.75, 3.05) is 58.4 Å². The van der Waals surface area contributed by atoms with Gasteiger partial charge in [-0.3, -0.25) is 14.9 Å². The summed E-state index contributed by atoms with van der Waals surface area (Å²) in [5.74, 6) is -2.35. The summed E-state index contributed by atoms with van der Waals surface area (Å²) < 4.78 is 123. The molecule has 5 heterocycles. The van der Waals surface area contributed by atoms with Crippen LogP contribution in [0.1, 0.15) is 59.3 Å². The van der Waals surface area contributed by atoms with Crippen molar-refractivity contribution in [3.63, 3.8) is 0 Å². The number of likely N-dealkylation sites (N-methyl/N-ethyl adjacent to an activating group) is 1. The minimum absolute atomic E-state index is 0.0209. The predicted molar refractivity (Wildman–Crippen MR) is 273 cm³/mol. The van der Waals surface area contributed by atoms with Gasteiger partial charge in [0.15, 0.2) is 11.6 Å². The Hall–Kier alpha value is -7.45. The van der Waals surface area contributed by atoms with Gasteiger partial charge in [-0.15, -0.1) is 0 Å². The summed E-state index contributed by atoms with van der Waals surface area (Å²) in [4.78, 5) is 23.9. The molecule has 6 aromatic rings. The van der Waals surface area contributed by atoms with Crippen molar-refractivity contribution in [1.82, 2.24) is 30.1 Å². The standard InChI is InChI=1S/C55H54ClF6N9O5/c1-31-21-40(70(24-34-9-15-38(73-5)16-10-34)25-35-11-17-39(74-6)18-12-35)68-48(44(31)55(60,61)62)42-45(56)49-43-50(46(42)57)76-41(75-27-36-22-53(29-69(36)3)28-54(53,58)59)26-71(52(43)67-30-66-49)32(2)47-51(64-20-19-63-47)65-23-33-7-13-37(72-4)14-8-33/h7-21,26,32,36,67H,22-25,27-30H2,1-6H3,(H,64,65)/t32?,36-,53-/m0/s1. The molecule has 1 saturated heterocycles. The Bertz CT molecular complexity index is 3270. The number of alkyl halides is 5. The van der Waals surface area contributed by atoms with Crippen LogP contribution in [0.15, 0.2) is 108 Å². The van der Waals surface area contributed by atoms with Gasteiger partial charge < -0.3 is 44.1 Å². The van der Waals surface area contributed by atoms with Crippen LogP contribution in [-0.2, 0) is 30.5 Å². The second kappa shape index (κ2) is 20.6. The normalized spacial score (nSPS) is 18.9. The number of hydrogen-bond donors (Lipinski definition) is 2. The number of nitrogens with one attached hydrogen (secondary N) is 2. The largest absolute Gasteiger partial charge is 0.497 e. The fraction of sp³-hybridized carbons (Fsp3) is 0.345. The molecule has 3 atom stereocenters. The van der Waals surface area contributed by atoms with E-state index in [4.69, 9.17) is 40.3 Å². The number of benzene rings is 4. The van der Waals surface area contributed by atoms with E-state index in [2.05, 4.69) is 25.6 Å². The molecular formula is C55H54ClF6N9O5. The summed E-state index contributed by atoms with van der Waals surface area (Å²) in [5.41, 5.74) is -1.26. The minimum atomic E-state index is -5.06. The highest BCUT2D eigenvalue weighted by Gasteiger charge is 2.73. The van der Waals surface area contributed by atoms with E-state index in [0.29, 0.717) is 35.3 Å². The van der Waals surface area contributed by atoms with Crippen LogP contribution in [0.3, 0.4) is 0 Å². The molecule has 2 N–H and O–H groups in total. The molecule has 4 aromatic carbocycles. The van der Waals surface area contributed by atoms with Gasteiger partial charge in [-0.1, -0.05) is 48.0 Å². The zero-order valence-electron chi connectivity index (χ0n) is 42.4. The number of methoxy groups -OCH3 is 3. The number of pyridine rings is 1. The molecule has 21 heteroatoms. The van der Waals surface area contributed by atoms with Crippen molar-refractivity contribution in [2.24, 2.45) is 10.4 Å². The van der Waals surface area contributed by atoms with Crippen LogP contribution >= 0.6 is 11.6 Å². The molecule has 1 aliphatic carbocycles. The lowest BCUT2D eigenvalue weighted by Gasteiger charge is -2.31. The smallest absolute Gasteiger partial charge is 0.418 e. The second-order valence-corrected chi connectivity index (χ2v) is 19.7. The average Bonchev–Trinajstić information content (AvgIpc) is 3.89. The monoisotopic (exact) mass is 1070 g/mol. The van der Waals surface area contributed by atoms with Gasteiger partial charge in [0.25, 0.3) is 5.92 Å². The molecule has 2 fully saturated rings. The van der Waals surface area contributed by atoms with Crippen LogP contribution in [0.25, 0.3) is 17.1 Å². The summed E-state index contributed by atoms with van der Waals surface area (Å²) in [5, 5.41) is 6.03. The first-order valence-electron chi connectivity index (χ1n) is 24.4. The molecule has 1 saturated carbocycles. The topological polar surface area (TPSA) is 131 Å². The highest BCUT2D eigenvalue weighted by atomic mass is 35.5. The first-order chi connectivity index (χ1) is 36.4. The maximum Gasteiger partial charge on any atom is 0.418 e. The third-order valence-corrected chi connectivity index (χ3v) is 14.8. The Morgan fingerprint density at radius 2 is 1.50 bits per heavy atom. The highest BCUT2D eigenvalue weighted by molar-refractivity contribution is 6.33. The molecule has 0 radical (unpaired) electrons. The first kappa shape index (κ1) is 52.0. The maximum atomic E-state index is 18.3. The van der Waals surface area contributed by atoms with Crippen LogP contribution in [0.5, 0.6) is 23.0 Å². The third kappa shape index (κ3) is 10.1. The van der Waals surface area contributed by atoms with E-state index < -0.39 is 63.0 Å². The molecule has 1 spiro atoms. The number of rotatable bonds is 17. The molecule has 76 heavy (non-hydrogen) atoms. The van der Waals surface area contributed by atoms with E-state index in [-0.39, 0.29) is 79.5 Å². The van der Waals surface area contributed by atoms with Crippen molar-refractivity contribution in [2.45, 2.75) is 70.5 Å². The third-order valence-electron chi connectivity index (χ3n) is 14.4. The lowest BCUT2D eigenvalue weighted by atomic mass is 9.98. The van der Waals surface area contributed by atoms with E-state index in [9.17, 15) is 8.78 Å². The van der Waals surface area contributed by atoms with Crippen LogP contribution in [0, 0.1) is 18.2 Å².